The molecule has 1 N–H and O–H groups in total. The van der Waals surface area contributed by atoms with Gasteiger partial charge < -0.3 is 14.6 Å². The predicted octanol–water partition coefficient (Wildman–Crippen LogP) is 11.5. The van der Waals surface area contributed by atoms with Gasteiger partial charge in [0.2, 0.25) is 0 Å². The number of carbonyl (C=O) groups excluding carboxylic acids is 2. The topological polar surface area (TPSA) is 72.8 Å². The third-order valence-electron chi connectivity index (χ3n) is 8.37. The molecule has 5 nitrogen and oxygen atoms in total. The van der Waals surface area contributed by atoms with Crippen LogP contribution in [-0.2, 0) is 19.1 Å². The summed E-state index contributed by atoms with van der Waals surface area (Å²) in [6.45, 7) is 7.44. The van der Waals surface area contributed by atoms with Crippen LogP contribution < -0.4 is 0 Å². The van der Waals surface area contributed by atoms with Crippen molar-refractivity contribution in [1.82, 2.24) is 0 Å². The predicted molar refractivity (Wildman–Crippen MR) is 187 cm³/mol. The molecule has 258 valence electrons. The monoisotopic (exact) mass is 621 g/mol. The molecular weight excluding hydrogens is 548 g/mol. The zero-order valence-electron chi connectivity index (χ0n) is 29.5. The number of hydrogen-bond acceptors (Lipinski definition) is 5. The summed E-state index contributed by atoms with van der Waals surface area (Å²) in [7, 11) is 0. The highest BCUT2D eigenvalue weighted by Crippen LogP contribution is 2.16. The Bertz CT molecular complexity index is 643. The van der Waals surface area contributed by atoms with Gasteiger partial charge >= 0.3 is 11.9 Å². The van der Waals surface area contributed by atoms with Gasteiger partial charge in [-0.1, -0.05) is 128 Å². The molecule has 5 heteroatoms. The molecule has 0 unspecified atom stereocenters. The number of ether oxygens (including phenoxy) is 2. The van der Waals surface area contributed by atoms with Crippen LogP contribution in [0.2, 0.25) is 0 Å². The van der Waals surface area contributed by atoms with E-state index in [0.717, 1.165) is 77.0 Å². The fraction of sp³-hybridized carbons (Fsp3) is 0.846. The van der Waals surface area contributed by atoms with Crippen LogP contribution >= 0.6 is 0 Å². The number of aliphatic hydroxyl groups is 1. The van der Waals surface area contributed by atoms with Crippen molar-refractivity contribution in [2.75, 3.05) is 0 Å². The SMILES string of the molecule is CCCCCC[C@H](C/C=C\CCCCCCCC(O)CCCCCCC/C=C\C[C@@H](CCCCCC)OC(C)=O)OC(C)=O. The second kappa shape index (κ2) is 32.8. The lowest BCUT2D eigenvalue weighted by molar-refractivity contribution is -0.147. The second-order valence-electron chi connectivity index (χ2n) is 12.9. The van der Waals surface area contributed by atoms with E-state index in [1.807, 2.05) is 0 Å². The lowest BCUT2D eigenvalue weighted by atomic mass is 10.0. The van der Waals surface area contributed by atoms with Crippen molar-refractivity contribution in [2.45, 2.75) is 213 Å². The maximum absolute atomic E-state index is 11.4. The van der Waals surface area contributed by atoms with Gasteiger partial charge in [0.05, 0.1) is 6.10 Å². The molecule has 0 aromatic heterocycles. The maximum Gasteiger partial charge on any atom is 0.302 e. The van der Waals surface area contributed by atoms with Gasteiger partial charge in [-0.25, -0.2) is 0 Å². The van der Waals surface area contributed by atoms with Gasteiger partial charge in [0.25, 0.3) is 0 Å². The average Bonchev–Trinajstić information content (AvgIpc) is 2.98. The highest BCUT2D eigenvalue weighted by atomic mass is 16.5. The number of esters is 2. The summed E-state index contributed by atoms with van der Waals surface area (Å²) in [5, 5.41) is 10.3. The normalized spacial score (nSPS) is 13.2. The van der Waals surface area contributed by atoms with Crippen LogP contribution in [0.1, 0.15) is 195 Å². The first kappa shape index (κ1) is 42.4. The van der Waals surface area contributed by atoms with Crippen LogP contribution in [-0.4, -0.2) is 35.4 Å². The van der Waals surface area contributed by atoms with E-state index >= 15 is 0 Å². The third kappa shape index (κ3) is 31.8. The molecule has 0 rings (SSSR count). The number of hydrogen-bond donors (Lipinski definition) is 1. The summed E-state index contributed by atoms with van der Waals surface area (Å²) >= 11 is 0. The van der Waals surface area contributed by atoms with Gasteiger partial charge in [0.15, 0.2) is 0 Å². The first-order chi connectivity index (χ1) is 21.4. The maximum atomic E-state index is 11.4. The molecule has 0 heterocycles. The van der Waals surface area contributed by atoms with Gasteiger partial charge in [-0.3, -0.25) is 9.59 Å². The molecular formula is C39H72O5. The molecule has 0 saturated carbocycles. The molecule has 0 fully saturated rings. The molecule has 0 saturated heterocycles. The van der Waals surface area contributed by atoms with Gasteiger partial charge in [0.1, 0.15) is 12.2 Å². The van der Waals surface area contributed by atoms with Gasteiger partial charge in [-0.05, 0) is 64.2 Å². The van der Waals surface area contributed by atoms with E-state index in [0.29, 0.717) is 0 Å². The smallest absolute Gasteiger partial charge is 0.302 e. The Balaban J connectivity index is 3.67. The van der Waals surface area contributed by atoms with Crippen molar-refractivity contribution >= 4 is 11.9 Å². The number of allylic oxidation sites excluding steroid dienone is 2. The van der Waals surface area contributed by atoms with E-state index in [4.69, 9.17) is 9.47 Å². The number of aliphatic hydroxyl groups excluding tert-OH is 1. The Hall–Kier alpha value is -1.62. The molecule has 44 heavy (non-hydrogen) atoms. The van der Waals surface area contributed by atoms with E-state index < -0.39 is 0 Å². The van der Waals surface area contributed by atoms with E-state index in [-0.39, 0.29) is 30.3 Å². The molecule has 2 atom stereocenters. The third-order valence-corrected chi connectivity index (χ3v) is 8.37. The molecule has 0 spiro atoms. The van der Waals surface area contributed by atoms with E-state index in [2.05, 4.69) is 38.2 Å². The summed E-state index contributed by atoms with van der Waals surface area (Å²) in [4.78, 5) is 22.7. The lowest BCUT2D eigenvalue weighted by Gasteiger charge is -2.15. The molecule has 0 amide bonds. The average molecular weight is 621 g/mol. The highest BCUT2D eigenvalue weighted by Gasteiger charge is 2.11. The van der Waals surface area contributed by atoms with Crippen molar-refractivity contribution in [2.24, 2.45) is 0 Å². The lowest BCUT2D eigenvalue weighted by Crippen LogP contribution is -2.15. The van der Waals surface area contributed by atoms with E-state index in [1.54, 1.807) is 0 Å². The summed E-state index contributed by atoms with van der Waals surface area (Å²) in [5.41, 5.74) is 0. The molecule has 0 bridgehead atoms. The second-order valence-corrected chi connectivity index (χ2v) is 12.9. The van der Waals surface area contributed by atoms with Crippen molar-refractivity contribution in [3.05, 3.63) is 24.3 Å². The summed E-state index contributed by atoms with van der Waals surface area (Å²) in [5.74, 6) is -0.340. The summed E-state index contributed by atoms with van der Waals surface area (Å²) in [6.07, 6.45) is 38.2. The van der Waals surface area contributed by atoms with Crippen molar-refractivity contribution in [3.8, 4) is 0 Å². The zero-order chi connectivity index (χ0) is 32.5. The molecule has 0 aromatic carbocycles. The molecule has 0 aliphatic rings. The molecule has 0 aromatic rings. The molecule has 0 aliphatic carbocycles. The Morgan fingerprint density at radius 3 is 1.23 bits per heavy atom. The Labute approximate surface area is 273 Å². The number of unbranched alkanes of at least 4 members (excludes halogenated alkanes) is 16. The summed E-state index contributed by atoms with van der Waals surface area (Å²) < 4.78 is 11.0. The van der Waals surface area contributed by atoms with Crippen LogP contribution in [0, 0.1) is 0 Å². The van der Waals surface area contributed by atoms with Crippen molar-refractivity contribution in [1.29, 1.82) is 0 Å². The zero-order valence-corrected chi connectivity index (χ0v) is 29.5. The molecule has 0 aliphatic heterocycles. The van der Waals surface area contributed by atoms with Gasteiger partial charge in [0, 0.05) is 26.7 Å². The van der Waals surface area contributed by atoms with Crippen LogP contribution in [0.3, 0.4) is 0 Å². The number of carbonyl (C=O) groups is 2. The Kier molecular flexibility index (Phi) is 31.6. The van der Waals surface area contributed by atoms with E-state index in [9.17, 15) is 14.7 Å². The van der Waals surface area contributed by atoms with E-state index in [1.165, 1.54) is 104 Å². The molecule has 0 radical (unpaired) electrons. The Morgan fingerprint density at radius 1 is 0.500 bits per heavy atom. The van der Waals surface area contributed by atoms with Crippen molar-refractivity contribution in [3.63, 3.8) is 0 Å². The van der Waals surface area contributed by atoms with Crippen LogP contribution in [0.15, 0.2) is 24.3 Å². The fourth-order valence-electron chi connectivity index (χ4n) is 5.74. The first-order valence-corrected chi connectivity index (χ1v) is 18.7. The standard InChI is InChI=1S/C39H72O5/c1-5-7-9-25-31-38(43-35(3)40)33-27-21-17-13-11-15-19-23-29-37(42)30-24-20-16-12-14-18-22-28-34-39(44-36(4)41)32-26-10-8-6-2/h21-22,27-28,37-39,42H,5-20,23-26,29-34H2,1-4H3/b27-21-,28-22-/t38-,39-/m1/s1. The first-order valence-electron chi connectivity index (χ1n) is 18.7. The van der Waals surface area contributed by atoms with Gasteiger partial charge in [-0.15, -0.1) is 0 Å². The quantitative estimate of drug-likeness (QED) is 0.0460. The van der Waals surface area contributed by atoms with Crippen molar-refractivity contribution < 1.29 is 24.2 Å². The van der Waals surface area contributed by atoms with Gasteiger partial charge in [-0.2, -0.15) is 0 Å². The minimum absolute atomic E-state index is 0.0319. The fourth-order valence-corrected chi connectivity index (χ4v) is 5.74. The Morgan fingerprint density at radius 2 is 0.841 bits per heavy atom. The minimum Gasteiger partial charge on any atom is -0.462 e. The highest BCUT2D eigenvalue weighted by molar-refractivity contribution is 5.66. The largest absolute Gasteiger partial charge is 0.462 e. The van der Waals surface area contributed by atoms with Crippen LogP contribution in [0.4, 0.5) is 0 Å². The minimum atomic E-state index is -0.170. The van der Waals surface area contributed by atoms with Crippen LogP contribution in [0.5, 0.6) is 0 Å². The summed E-state index contributed by atoms with van der Waals surface area (Å²) in [6, 6.07) is 0. The number of rotatable bonds is 32. The van der Waals surface area contributed by atoms with Crippen LogP contribution in [0.25, 0.3) is 0 Å².